The van der Waals surface area contributed by atoms with E-state index >= 15 is 0 Å². The second-order valence-electron chi connectivity index (χ2n) is 6.76. The van der Waals surface area contributed by atoms with E-state index in [1.807, 2.05) is 51.2 Å². The third-order valence-corrected chi connectivity index (χ3v) is 4.57. The van der Waals surface area contributed by atoms with Crippen LogP contribution in [0.5, 0.6) is 5.75 Å². The zero-order valence-electron chi connectivity index (χ0n) is 15.2. The lowest BCUT2D eigenvalue weighted by Gasteiger charge is -2.37. The van der Waals surface area contributed by atoms with Crippen LogP contribution in [-0.2, 0) is 0 Å². The number of hydrogen-bond acceptors (Lipinski definition) is 5. The molecule has 1 aromatic rings. The van der Waals surface area contributed by atoms with Crippen molar-refractivity contribution in [3.8, 4) is 5.75 Å². The van der Waals surface area contributed by atoms with Crippen molar-refractivity contribution in [1.29, 1.82) is 0 Å². The molecule has 0 fully saturated rings. The summed E-state index contributed by atoms with van der Waals surface area (Å²) in [4.78, 5) is 16.8. The van der Waals surface area contributed by atoms with Crippen LogP contribution in [0.4, 0.5) is 5.69 Å². The Balaban J connectivity index is 2.49. The van der Waals surface area contributed by atoms with Gasteiger partial charge in [0.1, 0.15) is 11.9 Å². The lowest BCUT2D eigenvalue weighted by molar-refractivity contribution is 0.0416. The highest BCUT2D eigenvalue weighted by Crippen LogP contribution is 2.30. The molecule has 1 aromatic carbocycles. The zero-order valence-corrected chi connectivity index (χ0v) is 15.2. The molecule has 0 bridgehead atoms. The Labute approximate surface area is 144 Å². The molecule has 134 valence electrons. The molecule has 0 spiro atoms. The predicted molar refractivity (Wildman–Crippen MR) is 95.9 cm³/mol. The number of anilines is 1. The van der Waals surface area contributed by atoms with Gasteiger partial charge in [0.15, 0.2) is 0 Å². The molecule has 2 N–H and O–H groups in total. The van der Waals surface area contributed by atoms with Crippen LogP contribution < -0.4 is 15.0 Å². The van der Waals surface area contributed by atoms with Gasteiger partial charge in [-0.3, -0.25) is 4.79 Å². The minimum atomic E-state index is -0.232. The highest BCUT2D eigenvalue weighted by atomic mass is 16.5. The molecule has 0 saturated carbocycles. The van der Waals surface area contributed by atoms with Crippen LogP contribution in [0.2, 0.25) is 0 Å². The number of nitrogens with one attached hydrogen (secondary N) is 1. The maximum absolute atomic E-state index is 13.1. The minimum absolute atomic E-state index is 0.0413. The van der Waals surface area contributed by atoms with Gasteiger partial charge in [0.2, 0.25) is 0 Å². The van der Waals surface area contributed by atoms with Gasteiger partial charge in [0, 0.05) is 38.8 Å². The number of likely N-dealkylation sites (N-methyl/N-ethyl adjacent to an activating group) is 1. The maximum atomic E-state index is 13.1. The number of fused-ring (bicyclic) bond motifs is 1. The van der Waals surface area contributed by atoms with Crippen molar-refractivity contribution in [2.75, 3.05) is 45.7 Å². The first-order valence-corrected chi connectivity index (χ1v) is 8.43. The van der Waals surface area contributed by atoms with Gasteiger partial charge in [-0.1, -0.05) is 6.92 Å². The highest BCUT2D eigenvalue weighted by molar-refractivity contribution is 5.98. The fourth-order valence-electron chi connectivity index (χ4n) is 2.93. The summed E-state index contributed by atoms with van der Waals surface area (Å²) in [5.74, 6) is 0.662. The molecule has 0 aliphatic carbocycles. The molecule has 0 aromatic heterocycles. The van der Waals surface area contributed by atoms with Crippen LogP contribution >= 0.6 is 0 Å². The molecule has 1 amide bonds. The van der Waals surface area contributed by atoms with Crippen molar-refractivity contribution in [3.63, 3.8) is 0 Å². The van der Waals surface area contributed by atoms with Crippen LogP contribution in [-0.4, -0.2) is 68.9 Å². The molecule has 0 saturated heterocycles. The van der Waals surface area contributed by atoms with Crippen LogP contribution in [0.25, 0.3) is 0 Å². The Hall–Kier alpha value is -1.79. The van der Waals surface area contributed by atoms with Crippen LogP contribution in [0.15, 0.2) is 18.2 Å². The van der Waals surface area contributed by atoms with Crippen LogP contribution in [0, 0.1) is 5.92 Å². The van der Waals surface area contributed by atoms with Crippen LogP contribution in [0.1, 0.15) is 24.2 Å². The fourth-order valence-corrected chi connectivity index (χ4v) is 2.93. The molecule has 24 heavy (non-hydrogen) atoms. The summed E-state index contributed by atoms with van der Waals surface area (Å²) in [6, 6.07) is 5.45. The highest BCUT2D eigenvalue weighted by Gasteiger charge is 2.32. The first kappa shape index (κ1) is 18.5. The third-order valence-electron chi connectivity index (χ3n) is 4.57. The van der Waals surface area contributed by atoms with E-state index in [2.05, 4.69) is 12.2 Å². The normalized spacial score (nSPS) is 22.2. The van der Waals surface area contributed by atoms with Crippen molar-refractivity contribution in [3.05, 3.63) is 23.8 Å². The molecular weight excluding hydrogens is 306 g/mol. The van der Waals surface area contributed by atoms with Crippen molar-refractivity contribution >= 4 is 11.6 Å². The molecule has 1 aliphatic rings. The largest absolute Gasteiger partial charge is 0.488 e. The molecule has 1 aliphatic heterocycles. The first-order chi connectivity index (χ1) is 11.4. The number of aliphatic hydroxyl groups is 1. The number of benzene rings is 1. The van der Waals surface area contributed by atoms with Gasteiger partial charge >= 0.3 is 0 Å². The smallest absolute Gasteiger partial charge is 0.258 e. The second kappa shape index (κ2) is 7.85. The fraction of sp³-hybridized carbons (Fsp3) is 0.611. The molecule has 3 atom stereocenters. The second-order valence-corrected chi connectivity index (χ2v) is 6.76. The summed E-state index contributed by atoms with van der Waals surface area (Å²) < 4.78 is 6.17. The Morgan fingerprint density at radius 2 is 2.17 bits per heavy atom. The average Bonchev–Trinajstić information content (AvgIpc) is 2.56. The third kappa shape index (κ3) is 3.82. The summed E-state index contributed by atoms with van der Waals surface area (Å²) >= 11 is 0. The standard InChI is InChI=1S/C18H29N3O3/c1-12-10-21(13(2)11-22)18(23)15-8-14(20(4)5)6-7-16(15)24-17(12)9-19-3/h6-8,12-13,17,19,22H,9-11H2,1-5H3/t12-,13-,17-/m0/s1. The lowest BCUT2D eigenvalue weighted by atomic mass is 9.99. The van der Waals surface area contributed by atoms with Crippen molar-refractivity contribution < 1.29 is 14.6 Å². The van der Waals surface area contributed by atoms with E-state index in [1.165, 1.54) is 0 Å². The summed E-state index contributed by atoms with van der Waals surface area (Å²) in [6.45, 7) is 5.14. The Morgan fingerprint density at radius 1 is 1.46 bits per heavy atom. The number of amides is 1. The number of carbonyl (C=O) groups is 1. The monoisotopic (exact) mass is 335 g/mol. The molecule has 6 nitrogen and oxygen atoms in total. The van der Waals surface area contributed by atoms with Gasteiger partial charge in [-0.15, -0.1) is 0 Å². The van der Waals surface area contributed by atoms with Gasteiger partial charge in [-0.25, -0.2) is 0 Å². The molecule has 6 heteroatoms. The summed E-state index contributed by atoms with van der Waals surface area (Å²) in [7, 11) is 5.77. The first-order valence-electron chi connectivity index (χ1n) is 8.43. The molecule has 2 rings (SSSR count). The lowest BCUT2D eigenvalue weighted by Crippen LogP contribution is -2.49. The van der Waals surface area contributed by atoms with E-state index in [9.17, 15) is 9.90 Å². The summed E-state index contributed by atoms with van der Waals surface area (Å²) in [5, 5.41) is 12.7. The molecular formula is C18H29N3O3. The minimum Gasteiger partial charge on any atom is -0.488 e. The van der Waals surface area contributed by atoms with Gasteiger partial charge < -0.3 is 25.0 Å². The summed E-state index contributed by atoms with van der Waals surface area (Å²) in [6.07, 6.45) is -0.0413. The van der Waals surface area contributed by atoms with E-state index in [0.717, 1.165) is 5.69 Å². The summed E-state index contributed by atoms with van der Waals surface area (Å²) in [5.41, 5.74) is 1.50. The SMILES string of the molecule is CNC[C@@H]1Oc2ccc(N(C)C)cc2C(=O)N([C@@H](C)CO)C[C@@H]1C. The van der Waals surface area contributed by atoms with Gasteiger partial charge in [-0.05, 0) is 32.2 Å². The number of aliphatic hydroxyl groups excluding tert-OH is 1. The Kier molecular flexibility index (Phi) is 6.07. The number of nitrogens with zero attached hydrogens (tertiary/aromatic N) is 2. The van der Waals surface area contributed by atoms with Crippen molar-refractivity contribution in [2.24, 2.45) is 5.92 Å². The van der Waals surface area contributed by atoms with Crippen LogP contribution in [0.3, 0.4) is 0 Å². The number of carbonyl (C=O) groups excluding carboxylic acids is 1. The Bertz CT molecular complexity index is 577. The molecule has 0 radical (unpaired) electrons. The maximum Gasteiger partial charge on any atom is 0.258 e. The number of rotatable bonds is 5. The van der Waals surface area contributed by atoms with E-state index in [0.29, 0.717) is 24.4 Å². The number of hydrogen-bond donors (Lipinski definition) is 2. The van der Waals surface area contributed by atoms with Crippen molar-refractivity contribution in [1.82, 2.24) is 10.2 Å². The quantitative estimate of drug-likeness (QED) is 0.846. The topological polar surface area (TPSA) is 65.0 Å². The predicted octanol–water partition coefficient (Wildman–Crippen LogP) is 1.19. The molecule has 0 unspecified atom stereocenters. The van der Waals surface area contributed by atoms with E-state index in [-0.39, 0.29) is 30.6 Å². The van der Waals surface area contributed by atoms with Crippen molar-refractivity contribution in [2.45, 2.75) is 26.0 Å². The van der Waals surface area contributed by atoms with Gasteiger partial charge in [-0.2, -0.15) is 0 Å². The van der Waals surface area contributed by atoms with Gasteiger partial charge in [0.05, 0.1) is 18.2 Å². The number of ether oxygens (including phenoxy) is 1. The van der Waals surface area contributed by atoms with E-state index in [4.69, 9.17) is 4.74 Å². The average molecular weight is 335 g/mol. The zero-order chi connectivity index (χ0) is 17.9. The van der Waals surface area contributed by atoms with Gasteiger partial charge in [0.25, 0.3) is 5.91 Å². The van der Waals surface area contributed by atoms with E-state index < -0.39 is 0 Å². The Morgan fingerprint density at radius 3 is 2.75 bits per heavy atom. The van der Waals surface area contributed by atoms with E-state index in [1.54, 1.807) is 4.90 Å². The molecule has 1 heterocycles.